The first-order chi connectivity index (χ1) is 10.1. The Morgan fingerprint density at radius 2 is 2.23 bits per heavy atom. The summed E-state index contributed by atoms with van der Waals surface area (Å²) in [4.78, 5) is 10.9. The number of ether oxygens (including phenoxy) is 1. The summed E-state index contributed by atoms with van der Waals surface area (Å²) in [7, 11) is -4.11. The smallest absolute Gasteiger partial charge is 0.337 e. The number of anilines is 1. The molecule has 0 aromatic heterocycles. The molecule has 0 saturated carbocycles. The Morgan fingerprint density at radius 3 is 2.73 bits per heavy atom. The molecule has 0 radical (unpaired) electrons. The second-order valence-electron chi connectivity index (χ2n) is 5.18. The number of aromatic carboxylic acids is 1. The van der Waals surface area contributed by atoms with Gasteiger partial charge in [0, 0.05) is 6.42 Å². The summed E-state index contributed by atoms with van der Waals surface area (Å²) >= 11 is 5.89. The average Bonchev–Trinajstić information content (AvgIpc) is 2.82. The third-order valence-corrected chi connectivity index (χ3v) is 4.64. The lowest BCUT2D eigenvalue weighted by molar-refractivity contribution is 0.0693. The van der Waals surface area contributed by atoms with E-state index >= 15 is 0 Å². The number of benzene rings is 1. The van der Waals surface area contributed by atoms with E-state index < -0.39 is 26.5 Å². The van der Waals surface area contributed by atoms with E-state index in [1.54, 1.807) is 6.26 Å². The lowest BCUT2D eigenvalue weighted by Gasteiger charge is -2.25. The van der Waals surface area contributed by atoms with E-state index in [0.717, 1.165) is 6.07 Å². The van der Waals surface area contributed by atoms with Gasteiger partial charge in [-0.3, -0.25) is 0 Å². The first-order valence-electron chi connectivity index (χ1n) is 6.29. The summed E-state index contributed by atoms with van der Waals surface area (Å²) in [5.74, 6) is -1.29. The molecule has 9 heteroatoms. The van der Waals surface area contributed by atoms with Crippen molar-refractivity contribution in [2.45, 2.75) is 23.8 Å². The fraction of sp³-hybridized carbons (Fsp3) is 0.308. The molecule has 0 fully saturated rings. The van der Waals surface area contributed by atoms with Crippen LogP contribution in [-0.4, -0.2) is 31.6 Å². The van der Waals surface area contributed by atoms with Crippen LogP contribution in [0.2, 0.25) is 5.02 Å². The fourth-order valence-electron chi connectivity index (χ4n) is 2.05. The van der Waals surface area contributed by atoms with Crippen LogP contribution in [0.3, 0.4) is 0 Å². The number of hydrogen-bond donors (Lipinski definition) is 3. The van der Waals surface area contributed by atoms with Crippen molar-refractivity contribution in [3.8, 4) is 0 Å². The van der Waals surface area contributed by atoms with Gasteiger partial charge >= 0.3 is 5.97 Å². The number of rotatable bonds is 5. The fourth-order valence-corrected chi connectivity index (χ4v) is 3.15. The molecule has 1 aliphatic rings. The molecular weight excluding hydrogens is 332 g/mol. The standard InChI is InChI=1S/C13H15ClN2O5S/c1-13(3-2-4-21-13)7-16-10-6-9(14)11(22(15,19)20)5-8(10)12(17)18/h2,4-6,16H,3,7H2,1H3,(H,17,18)(H2,15,19,20). The van der Waals surface area contributed by atoms with Gasteiger partial charge in [0.05, 0.1) is 29.1 Å². The molecule has 0 saturated heterocycles. The highest BCUT2D eigenvalue weighted by Crippen LogP contribution is 2.30. The number of carbonyl (C=O) groups is 1. The number of sulfonamides is 1. The molecule has 0 spiro atoms. The van der Waals surface area contributed by atoms with Gasteiger partial charge in [-0.25, -0.2) is 18.4 Å². The summed E-state index contributed by atoms with van der Waals surface area (Å²) in [5, 5.41) is 17.0. The van der Waals surface area contributed by atoms with Gasteiger partial charge < -0.3 is 15.2 Å². The molecule has 1 aromatic carbocycles. The Morgan fingerprint density at radius 1 is 1.55 bits per heavy atom. The van der Waals surface area contributed by atoms with Crippen molar-refractivity contribution in [1.82, 2.24) is 0 Å². The molecule has 120 valence electrons. The average molecular weight is 347 g/mol. The van der Waals surface area contributed by atoms with E-state index in [4.69, 9.17) is 21.5 Å². The maximum absolute atomic E-state index is 11.4. The highest BCUT2D eigenvalue weighted by atomic mass is 35.5. The van der Waals surface area contributed by atoms with Crippen LogP contribution >= 0.6 is 11.6 Å². The molecule has 1 aromatic rings. The molecule has 1 atom stereocenters. The van der Waals surface area contributed by atoms with E-state index in [9.17, 15) is 18.3 Å². The van der Waals surface area contributed by atoms with Crippen LogP contribution in [0.1, 0.15) is 23.7 Å². The molecule has 2 rings (SSSR count). The first-order valence-corrected chi connectivity index (χ1v) is 8.21. The SMILES string of the molecule is CC1(CNc2cc(Cl)c(S(N)(=O)=O)cc2C(=O)O)CC=CO1. The lowest BCUT2D eigenvalue weighted by Crippen LogP contribution is -2.33. The quantitative estimate of drug-likeness (QED) is 0.747. The Hall–Kier alpha value is -1.77. The van der Waals surface area contributed by atoms with Crippen LogP contribution in [0.5, 0.6) is 0 Å². The second-order valence-corrected chi connectivity index (χ2v) is 7.11. The molecular formula is C13H15ClN2O5S. The number of halogens is 1. The summed E-state index contributed by atoms with van der Waals surface area (Å²) < 4.78 is 28.3. The van der Waals surface area contributed by atoms with Crippen LogP contribution in [0.15, 0.2) is 29.4 Å². The van der Waals surface area contributed by atoms with E-state index in [2.05, 4.69) is 5.32 Å². The van der Waals surface area contributed by atoms with Crippen molar-refractivity contribution in [2.24, 2.45) is 5.14 Å². The van der Waals surface area contributed by atoms with Gasteiger partial charge in [-0.2, -0.15) is 0 Å². The van der Waals surface area contributed by atoms with Crippen LogP contribution in [-0.2, 0) is 14.8 Å². The number of nitrogens with two attached hydrogens (primary N) is 1. The van der Waals surface area contributed by atoms with Crippen molar-refractivity contribution >= 4 is 33.3 Å². The van der Waals surface area contributed by atoms with Gasteiger partial charge in [-0.15, -0.1) is 0 Å². The molecule has 0 amide bonds. The Kier molecular flexibility index (Phi) is 4.37. The van der Waals surface area contributed by atoms with Crippen LogP contribution in [0.4, 0.5) is 5.69 Å². The van der Waals surface area contributed by atoms with Gasteiger partial charge in [0.1, 0.15) is 10.5 Å². The molecule has 7 nitrogen and oxygen atoms in total. The Bertz CT molecular complexity index is 737. The van der Waals surface area contributed by atoms with Gasteiger partial charge in [0.25, 0.3) is 0 Å². The van der Waals surface area contributed by atoms with Crippen LogP contribution < -0.4 is 10.5 Å². The van der Waals surface area contributed by atoms with E-state index in [0.29, 0.717) is 13.0 Å². The summed E-state index contributed by atoms with van der Waals surface area (Å²) in [6.07, 6.45) is 4.11. The zero-order chi connectivity index (χ0) is 16.5. The highest BCUT2D eigenvalue weighted by Gasteiger charge is 2.28. The van der Waals surface area contributed by atoms with Gasteiger partial charge in [-0.05, 0) is 25.1 Å². The minimum atomic E-state index is -4.11. The number of hydrogen-bond acceptors (Lipinski definition) is 5. The van der Waals surface area contributed by atoms with Crippen molar-refractivity contribution < 1.29 is 23.1 Å². The number of carboxylic acid groups (broad SMARTS) is 1. The van der Waals surface area contributed by atoms with Gasteiger partial charge in [0.15, 0.2) is 0 Å². The van der Waals surface area contributed by atoms with Gasteiger partial charge in [-0.1, -0.05) is 11.6 Å². The number of primary sulfonamides is 1. The maximum atomic E-state index is 11.4. The lowest BCUT2D eigenvalue weighted by atomic mass is 10.0. The normalized spacial score (nSPS) is 20.7. The van der Waals surface area contributed by atoms with E-state index in [1.165, 1.54) is 6.07 Å². The minimum absolute atomic E-state index is 0.148. The number of carboxylic acids is 1. The largest absolute Gasteiger partial charge is 0.493 e. The van der Waals surface area contributed by atoms with Gasteiger partial charge in [0.2, 0.25) is 10.0 Å². The van der Waals surface area contributed by atoms with Crippen molar-refractivity contribution in [1.29, 1.82) is 0 Å². The Labute approximate surface area is 132 Å². The number of nitrogens with one attached hydrogen (secondary N) is 1. The van der Waals surface area contributed by atoms with Crippen molar-refractivity contribution in [2.75, 3.05) is 11.9 Å². The molecule has 0 bridgehead atoms. The predicted molar refractivity (Wildman–Crippen MR) is 81.5 cm³/mol. The zero-order valence-corrected chi connectivity index (χ0v) is 13.2. The highest BCUT2D eigenvalue weighted by molar-refractivity contribution is 7.89. The van der Waals surface area contributed by atoms with Crippen LogP contribution in [0, 0.1) is 0 Å². The molecule has 1 aliphatic heterocycles. The third-order valence-electron chi connectivity index (χ3n) is 3.26. The summed E-state index contributed by atoms with van der Waals surface area (Å²) in [6.45, 7) is 2.19. The molecule has 1 heterocycles. The zero-order valence-electron chi connectivity index (χ0n) is 11.7. The molecule has 22 heavy (non-hydrogen) atoms. The van der Waals surface area contributed by atoms with E-state index in [1.807, 2.05) is 13.0 Å². The summed E-state index contributed by atoms with van der Waals surface area (Å²) in [5.41, 5.74) is -0.537. The molecule has 4 N–H and O–H groups in total. The van der Waals surface area contributed by atoms with Crippen LogP contribution in [0.25, 0.3) is 0 Å². The topological polar surface area (TPSA) is 119 Å². The molecule has 0 aliphatic carbocycles. The summed E-state index contributed by atoms with van der Waals surface area (Å²) in [6, 6.07) is 2.18. The first kappa shape index (κ1) is 16.6. The van der Waals surface area contributed by atoms with Crippen molar-refractivity contribution in [3.05, 3.63) is 35.1 Å². The second kappa shape index (κ2) is 5.79. The predicted octanol–water partition coefficient (Wildman–Crippen LogP) is 1.79. The monoisotopic (exact) mass is 346 g/mol. The minimum Gasteiger partial charge on any atom is -0.493 e. The maximum Gasteiger partial charge on any atom is 0.337 e. The Balaban J connectivity index is 2.35. The van der Waals surface area contributed by atoms with Crippen molar-refractivity contribution in [3.63, 3.8) is 0 Å². The third kappa shape index (κ3) is 3.52. The van der Waals surface area contributed by atoms with E-state index in [-0.39, 0.29) is 16.3 Å². The molecule has 1 unspecified atom stereocenters.